The molecule has 0 fully saturated rings. The molecule has 0 rings (SSSR count). The maximum absolute atomic E-state index is 13.1. The Balaban J connectivity index is 5.18. The SMILES string of the molecule is CCCCCCCCCCCCCCCCCCCCCCCC(=O)O[C@H](COC(=O)CCCCCCCCCCC(C)CC)COP(=O)(O)OC[C@@H](O)COP(=O)(O)OC[C@@H](COC(=O)CCCCCCCCCCC)OC(=O)CCCCCCCCCCC(C)C. The van der Waals surface area contributed by atoms with E-state index in [1.165, 1.54) is 199 Å². The van der Waals surface area contributed by atoms with Crippen molar-refractivity contribution in [3.63, 3.8) is 0 Å². The summed E-state index contributed by atoms with van der Waals surface area (Å²) in [5.41, 5.74) is 0. The molecule has 0 amide bonds. The molecule has 0 radical (unpaired) electrons. The first-order valence-corrected chi connectivity index (χ1v) is 41.5. The van der Waals surface area contributed by atoms with Crippen molar-refractivity contribution in [2.24, 2.45) is 11.8 Å². The number of aliphatic hydroxyl groups is 1. The van der Waals surface area contributed by atoms with Gasteiger partial charge in [0.25, 0.3) is 0 Å². The molecule has 0 aliphatic rings. The molecular weight excluding hydrogens is 1220 g/mol. The van der Waals surface area contributed by atoms with E-state index in [0.717, 1.165) is 102 Å². The highest BCUT2D eigenvalue weighted by Crippen LogP contribution is 2.45. The maximum atomic E-state index is 13.1. The first kappa shape index (κ1) is 91.1. The van der Waals surface area contributed by atoms with Crippen molar-refractivity contribution in [3.05, 3.63) is 0 Å². The van der Waals surface area contributed by atoms with Crippen molar-refractivity contribution in [2.75, 3.05) is 39.6 Å². The molecule has 0 aromatic rings. The number of unbranched alkanes of at least 4 members (excludes halogenated alkanes) is 42. The summed E-state index contributed by atoms with van der Waals surface area (Å²) in [6.07, 6.45) is 52.9. The third-order valence-electron chi connectivity index (χ3n) is 17.6. The third kappa shape index (κ3) is 67.0. The lowest BCUT2D eigenvalue weighted by atomic mass is 9.99. The molecule has 6 atom stereocenters. The van der Waals surface area contributed by atoms with E-state index in [0.29, 0.717) is 25.7 Å². The van der Waals surface area contributed by atoms with E-state index in [1.807, 2.05) is 0 Å². The quantitative estimate of drug-likeness (QED) is 0.0222. The fourth-order valence-electron chi connectivity index (χ4n) is 11.3. The smallest absolute Gasteiger partial charge is 0.462 e. The second-order valence-electron chi connectivity index (χ2n) is 27.4. The molecule has 3 unspecified atom stereocenters. The van der Waals surface area contributed by atoms with Crippen molar-refractivity contribution in [2.45, 2.75) is 400 Å². The van der Waals surface area contributed by atoms with Gasteiger partial charge in [-0.25, -0.2) is 9.13 Å². The van der Waals surface area contributed by atoms with Gasteiger partial charge in [0.15, 0.2) is 12.2 Å². The molecule has 552 valence electrons. The number of phosphoric acid groups is 2. The van der Waals surface area contributed by atoms with Gasteiger partial charge in [-0.1, -0.05) is 330 Å². The van der Waals surface area contributed by atoms with Gasteiger partial charge in [-0.05, 0) is 37.5 Å². The summed E-state index contributed by atoms with van der Waals surface area (Å²) in [5, 5.41) is 10.6. The Morgan fingerprint density at radius 3 is 0.817 bits per heavy atom. The van der Waals surface area contributed by atoms with Crippen LogP contribution in [0.4, 0.5) is 0 Å². The van der Waals surface area contributed by atoms with Crippen LogP contribution in [0, 0.1) is 11.8 Å². The van der Waals surface area contributed by atoms with E-state index in [1.54, 1.807) is 0 Å². The Bertz CT molecular complexity index is 1810. The lowest BCUT2D eigenvalue weighted by Gasteiger charge is -2.21. The maximum Gasteiger partial charge on any atom is 0.472 e. The van der Waals surface area contributed by atoms with Gasteiger partial charge in [0, 0.05) is 25.7 Å². The van der Waals surface area contributed by atoms with Gasteiger partial charge in [0.05, 0.1) is 26.4 Å². The van der Waals surface area contributed by atoms with E-state index >= 15 is 0 Å². The van der Waals surface area contributed by atoms with Gasteiger partial charge in [-0.15, -0.1) is 0 Å². The first-order valence-electron chi connectivity index (χ1n) is 38.5. The van der Waals surface area contributed by atoms with Gasteiger partial charge in [-0.3, -0.25) is 37.3 Å². The van der Waals surface area contributed by atoms with Crippen LogP contribution in [0.15, 0.2) is 0 Å². The van der Waals surface area contributed by atoms with Gasteiger partial charge >= 0.3 is 39.5 Å². The number of hydrogen-bond donors (Lipinski definition) is 3. The predicted molar refractivity (Wildman–Crippen MR) is 377 cm³/mol. The molecule has 0 aliphatic carbocycles. The third-order valence-corrected chi connectivity index (χ3v) is 19.5. The number of rotatable bonds is 73. The summed E-state index contributed by atoms with van der Waals surface area (Å²) in [7, 11) is -9.90. The molecule has 0 saturated heterocycles. The highest BCUT2D eigenvalue weighted by atomic mass is 31.2. The molecule has 0 aliphatic heterocycles. The fourth-order valence-corrected chi connectivity index (χ4v) is 12.8. The highest BCUT2D eigenvalue weighted by Gasteiger charge is 2.30. The van der Waals surface area contributed by atoms with Crippen molar-refractivity contribution in [1.82, 2.24) is 0 Å². The van der Waals surface area contributed by atoms with E-state index in [2.05, 4.69) is 41.5 Å². The van der Waals surface area contributed by atoms with Crippen molar-refractivity contribution in [3.8, 4) is 0 Å². The molecule has 0 spiro atoms. The summed E-state index contributed by atoms with van der Waals surface area (Å²) in [6, 6.07) is 0. The molecule has 0 aromatic heterocycles. The van der Waals surface area contributed by atoms with Gasteiger partial charge < -0.3 is 33.8 Å². The molecule has 0 heterocycles. The van der Waals surface area contributed by atoms with Crippen LogP contribution in [0.1, 0.15) is 382 Å². The predicted octanol–water partition coefficient (Wildman–Crippen LogP) is 21.6. The average molecular weight is 1370 g/mol. The standard InChI is InChI=1S/C74H144O17P2/c1-7-10-12-14-16-18-19-20-21-22-23-24-25-26-27-28-29-31-40-46-52-58-73(78)90-69(63-85-72(77)57-51-45-39-35-33-37-43-49-55-67(6)9-3)64-88-92(80,81)86-60-68(75)61-87-93(82,83)89-65-70(62-84-71(76)56-50-44-38-30-17-15-13-11-8-2)91-74(79)59-53-47-41-34-32-36-42-48-54-66(4)5/h66-70,75H,7-65H2,1-6H3,(H,80,81)(H,82,83)/t67?,68-,69-,70-/m1/s1. The first-order chi connectivity index (χ1) is 44.9. The van der Waals surface area contributed by atoms with Gasteiger partial charge in [0.2, 0.25) is 0 Å². The lowest BCUT2D eigenvalue weighted by Crippen LogP contribution is -2.30. The second kappa shape index (κ2) is 66.0. The number of ether oxygens (including phenoxy) is 4. The summed E-state index contributed by atoms with van der Waals surface area (Å²) < 4.78 is 68.4. The second-order valence-corrected chi connectivity index (χ2v) is 30.3. The zero-order valence-corrected chi connectivity index (χ0v) is 62.3. The van der Waals surface area contributed by atoms with E-state index in [4.69, 9.17) is 37.0 Å². The Morgan fingerprint density at radius 2 is 0.548 bits per heavy atom. The average Bonchev–Trinajstić information content (AvgIpc) is 1.91. The summed E-state index contributed by atoms with van der Waals surface area (Å²) >= 11 is 0. The van der Waals surface area contributed by atoms with Gasteiger partial charge in [-0.2, -0.15) is 0 Å². The van der Waals surface area contributed by atoms with Crippen LogP contribution in [0.2, 0.25) is 0 Å². The molecule has 17 nitrogen and oxygen atoms in total. The number of phosphoric ester groups is 2. The molecule has 93 heavy (non-hydrogen) atoms. The van der Waals surface area contributed by atoms with Crippen LogP contribution in [-0.2, 0) is 65.4 Å². The number of aliphatic hydroxyl groups excluding tert-OH is 1. The monoisotopic (exact) mass is 1370 g/mol. The van der Waals surface area contributed by atoms with Gasteiger partial charge in [0.1, 0.15) is 19.3 Å². The number of carbonyl (C=O) groups is 4. The molecule has 0 aromatic carbocycles. The van der Waals surface area contributed by atoms with Crippen molar-refractivity contribution < 1.29 is 80.2 Å². The summed E-state index contributed by atoms with van der Waals surface area (Å²) in [6.45, 7) is 9.52. The minimum atomic E-state index is -4.95. The number of carbonyl (C=O) groups excluding carboxylic acids is 4. The molecule has 0 saturated carbocycles. The van der Waals surface area contributed by atoms with Crippen LogP contribution < -0.4 is 0 Å². The Labute approximate surface area is 568 Å². The van der Waals surface area contributed by atoms with E-state index < -0.39 is 97.5 Å². The van der Waals surface area contributed by atoms with Crippen LogP contribution >= 0.6 is 15.6 Å². The topological polar surface area (TPSA) is 237 Å². The Morgan fingerprint density at radius 1 is 0.312 bits per heavy atom. The van der Waals surface area contributed by atoms with Crippen molar-refractivity contribution in [1.29, 1.82) is 0 Å². The van der Waals surface area contributed by atoms with Crippen LogP contribution in [0.25, 0.3) is 0 Å². The highest BCUT2D eigenvalue weighted by molar-refractivity contribution is 7.47. The largest absolute Gasteiger partial charge is 0.472 e. The normalized spacial score (nSPS) is 14.3. The molecule has 0 bridgehead atoms. The molecule has 3 N–H and O–H groups in total. The Hall–Kier alpha value is -1.94. The number of esters is 4. The summed E-state index contributed by atoms with van der Waals surface area (Å²) in [5.74, 6) is -0.627. The van der Waals surface area contributed by atoms with E-state index in [-0.39, 0.29) is 25.7 Å². The Kier molecular flexibility index (Phi) is 64.6. The zero-order chi connectivity index (χ0) is 68.6. The lowest BCUT2D eigenvalue weighted by molar-refractivity contribution is -0.161. The van der Waals surface area contributed by atoms with Crippen LogP contribution in [-0.4, -0.2) is 96.7 Å². The van der Waals surface area contributed by atoms with Crippen LogP contribution in [0.5, 0.6) is 0 Å². The molecular formula is C74H144O17P2. The van der Waals surface area contributed by atoms with Crippen molar-refractivity contribution >= 4 is 39.5 Å². The minimum absolute atomic E-state index is 0.104. The fraction of sp³-hybridized carbons (Fsp3) is 0.946. The summed E-state index contributed by atoms with van der Waals surface area (Å²) in [4.78, 5) is 72.6. The van der Waals surface area contributed by atoms with E-state index in [9.17, 15) is 43.2 Å². The zero-order valence-electron chi connectivity index (χ0n) is 60.6. The number of hydrogen-bond acceptors (Lipinski definition) is 15. The van der Waals surface area contributed by atoms with Crippen LogP contribution in [0.3, 0.4) is 0 Å². The molecule has 19 heteroatoms. The minimum Gasteiger partial charge on any atom is -0.462 e.